The van der Waals surface area contributed by atoms with Crippen molar-refractivity contribution in [1.29, 1.82) is 0 Å². The Hall–Kier alpha value is -2.61. The second-order valence-corrected chi connectivity index (χ2v) is 8.81. The van der Waals surface area contributed by atoms with Crippen LogP contribution in [0.2, 0.25) is 0 Å². The Kier molecular flexibility index (Phi) is 7.45. The fourth-order valence-electron chi connectivity index (χ4n) is 3.62. The molecule has 0 aliphatic heterocycles. The Bertz CT molecular complexity index is 1080. The predicted octanol–water partition coefficient (Wildman–Crippen LogP) is 9.87. The molecule has 0 N–H and O–H groups in total. The van der Waals surface area contributed by atoms with E-state index in [9.17, 15) is 65.9 Å². The van der Waals surface area contributed by atoms with Crippen molar-refractivity contribution in [1.82, 2.24) is 0 Å². The van der Waals surface area contributed by atoms with Gasteiger partial charge in [-0.2, -0.15) is 65.9 Å². The highest BCUT2D eigenvalue weighted by Crippen LogP contribution is 2.50. The Balaban J connectivity index is 3.09. The lowest BCUT2D eigenvalue weighted by Crippen LogP contribution is -2.34. The minimum Gasteiger partial charge on any atom is -0.171 e. The van der Waals surface area contributed by atoms with Crippen molar-refractivity contribution in [3.8, 4) is 11.1 Å². The van der Waals surface area contributed by atoms with Crippen LogP contribution in [0.25, 0.3) is 11.1 Å². The van der Waals surface area contributed by atoms with Crippen molar-refractivity contribution in [2.75, 3.05) is 0 Å². The van der Waals surface area contributed by atoms with E-state index in [-0.39, 0.29) is 24.3 Å². The molecule has 0 bridgehead atoms. The van der Waals surface area contributed by atoms with Crippen LogP contribution < -0.4 is 0 Å². The molecule has 0 atom stereocenters. The smallest absolute Gasteiger partial charge is 0.171 e. The molecule has 0 aromatic heterocycles. The van der Waals surface area contributed by atoms with Gasteiger partial charge in [-0.3, -0.25) is 0 Å². The van der Waals surface area contributed by atoms with Crippen molar-refractivity contribution in [3.05, 3.63) is 57.6 Å². The fraction of sp³-hybridized carbons (Fsp3) is 0.455. The summed E-state index contributed by atoms with van der Waals surface area (Å²) in [7, 11) is 0. The lowest BCUT2D eigenvalue weighted by atomic mass is 9.82. The standard InChI is InChI=1S/C22H15F15/c1-9-12(18(23,24)25)6-11(7-13(9)19(26,27)28)16-14(20(29,30)31)4-10(5-15(16)21(32,33)34)8-17(2,3)22(35,36)37/h4-7H,8H2,1-3H3. The normalized spacial score (nSPS) is 14.3. The molecule has 0 nitrogen and oxygen atoms in total. The van der Waals surface area contributed by atoms with Gasteiger partial charge in [0, 0.05) is 5.56 Å². The van der Waals surface area contributed by atoms with Crippen LogP contribution in [0.3, 0.4) is 0 Å². The van der Waals surface area contributed by atoms with E-state index in [1.807, 2.05) is 0 Å². The van der Waals surface area contributed by atoms with Crippen LogP contribution in [-0.2, 0) is 31.1 Å². The third-order valence-electron chi connectivity index (χ3n) is 5.53. The van der Waals surface area contributed by atoms with Gasteiger partial charge in [0.1, 0.15) is 0 Å². The third kappa shape index (κ3) is 6.46. The van der Waals surface area contributed by atoms with Crippen molar-refractivity contribution < 1.29 is 65.9 Å². The molecular formula is C22H15F15. The summed E-state index contributed by atoms with van der Waals surface area (Å²) in [6, 6.07) is -0.857. The highest BCUT2D eigenvalue weighted by atomic mass is 19.4. The van der Waals surface area contributed by atoms with Gasteiger partial charge in [-0.25, -0.2) is 0 Å². The fourth-order valence-corrected chi connectivity index (χ4v) is 3.62. The lowest BCUT2D eigenvalue weighted by Gasteiger charge is -2.29. The third-order valence-corrected chi connectivity index (χ3v) is 5.53. The van der Waals surface area contributed by atoms with Crippen LogP contribution in [0.15, 0.2) is 24.3 Å². The molecule has 0 fully saturated rings. The largest absolute Gasteiger partial charge is 0.417 e. The molecule has 37 heavy (non-hydrogen) atoms. The maximum Gasteiger partial charge on any atom is 0.417 e. The summed E-state index contributed by atoms with van der Waals surface area (Å²) in [6.07, 6.45) is -29.3. The number of alkyl halides is 15. The first-order chi connectivity index (χ1) is 16.2. The first kappa shape index (κ1) is 30.6. The molecule has 2 aromatic rings. The maximum atomic E-state index is 13.9. The topological polar surface area (TPSA) is 0 Å². The summed E-state index contributed by atoms with van der Waals surface area (Å²) in [5, 5.41) is 0. The van der Waals surface area contributed by atoms with Crippen LogP contribution in [0.5, 0.6) is 0 Å². The highest BCUT2D eigenvalue weighted by Gasteiger charge is 2.49. The van der Waals surface area contributed by atoms with Crippen molar-refractivity contribution in [3.63, 3.8) is 0 Å². The summed E-state index contributed by atoms with van der Waals surface area (Å²) in [5.74, 6) is 0. The summed E-state index contributed by atoms with van der Waals surface area (Å²) in [4.78, 5) is 0. The van der Waals surface area contributed by atoms with E-state index in [1.54, 1.807) is 0 Å². The second kappa shape index (κ2) is 9.00. The number of halogens is 15. The van der Waals surface area contributed by atoms with Crippen LogP contribution in [0, 0.1) is 12.3 Å². The summed E-state index contributed by atoms with van der Waals surface area (Å²) in [5.41, 5.74) is -18.2. The Morgan fingerprint density at radius 2 is 0.838 bits per heavy atom. The minimum absolute atomic E-state index is 0.140. The van der Waals surface area contributed by atoms with E-state index >= 15 is 0 Å². The number of rotatable bonds is 3. The van der Waals surface area contributed by atoms with Gasteiger partial charge in [-0.1, -0.05) is 13.8 Å². The van der Waals surface area contributed by atoms with E-state index in [0.717, 1.165) is 0 Å². The van der Waals surface area contributed by atoms with Crippen LogP contribution in [-0.4, -0.2) is 6.18 Å². The molecule has 0 unspecified atom stereocenters. The molecule has 0 aliphatic rings. The van der Waals surface area contributed by atoms with Gasteiger partial charge < -0.3 is 0 Å². The van der Waals surface area contributed by atoms with Gasteiger partial charge in [-0.15, -0.1) is 0 Å². The van der Waals surface area contributed by atoms with Crippen molar-refractivity contribution >= 4 is 0 Å². The molecule has 0 amide bonds. The summed E-state index contributed by atoms with van der Waals surface area (Å²) in [6.45, 7) is 1.33. The van der Waals surface area contributed by atoms with Gasteiger partial charge in [0.2, 0.25) is 0 Å². The average Bonchev–Trinajstić information content (AvgIpc) is 2.63. The first-order valence-corrected chi connectivity index (χ1v) is 9.85. The van der Waals surface area contributed by atoms with Gasteiger partial charge in [0.05, 0.1) is 27.7 Å². The van der Waals surface area contributed by atoms with Gasteiger partial charge in [0.15, 0.2) is 0 Å². The second-order valence-electron chi connectivity index (χ2n) is 8.81. The average molecular weight is 564 g/mol. The van der Waals surface area contributed by atoms with Crippen LogP contribution in [0.1, 0.15) is 47.2 Å². The van der Waals surface area contributed by atoms with Gasteiger partial charge in [-0.05, 0) is 54.3 Å². The minimum atomic E-state index is -5.81. The zero-order chi connectivity index (χ0) is 29.2. The highest BCUT2D eigenvalue weighted by molar-refractivity contribution is 5.75. The molecule has 15 heteroatoms. The van der Waals surface area contributed by atoms with E-state index in [4.69, 9.17) is 0 Å². The number of benzene rings is 2. The van der Waals surface area contributed by atoms with E-state index < -0.39 is 87.2 Å². The zero-order valence-electron chi connectivity index (χ0n) is 18.7. The van der Waals surface area contributed by atoms with E-state index in [0.29, 0.717) is 20.8 Å². The first-order valence-electron chi connectivity index (χ1n) is 9.85. The molecule has 0 saturated carbocycles. The molecule has 2 rings (SSSR count). The maximum absolute atomic E-state index is 13.9. The monoisotopic (exact) mass is 564 g/mol. The SMILES string of the molecule is Cc1c(C(F)(F)F)cc(-c2c(C(F)(F)F)cc(CC(C)(C)C(F)(F)F)cc2C(F)(F)F)cc1C(F)(F)F. The van der Waals surface area contributed by atoms with Crippen molar-refractivity contribution in [2.45, 2.75) is 58.1 Å². The molecular weight excluding hydrogens is 549 g/mol. The van der Waals surface area contributed by atoms with E-state index in [2.05, 4.69) is 0 Å². The molecule has 0 spiro atoms. The Morgan fingerprint density at radius 1 is 0.514 bits per heavy atom. The summed E-state index contributed by atoms with van der Waals surface area (Å²) < 4.78 is 203. The van der Waals surface area contributed by atoms with Gasteiger partial charge >= 0.3 is 30.9 Å². The molecule has 0 aliphatic carbocycles. The predicted molar refractivity (Wildman–Crippen MR) is 100 cm³/mol. The number of hydrogen-bond acceptors (Lipinski definition) is 0. The van der Waals surface area contributed by atoms with Crippen LogP contribution in [0.4, 0.5) is 65.9 Å². The molecule has 2 aromatic carbocycles. The van der Waals surface area contributed by atoms with Gasteiger partial charge in [0.25, 0.3) is 0 Å². The molecule has 0 radical (unpaired) electrons. The zero-order valence-corrected chi connectivity index (χ0v) is 18.7. The Morgan fingerprint density at radius 3 is 1.11 bits per heavy atom. The molecule has 0 heterocycles. The molecule has 208 valence electrons. The Labute approximate surface area is 199 Å². The number of hydrogen-bond donors (Lipinski definition) is 0. The van der Waals surface area contributed by atoms with Crippen LogP contribution >= 0.6 is 0 Å². The summed E-state index contributed by atoms with van der Waals surface area (Å²) >= 11 is 0. The van der Waals surface area contributed by atoms with E-state index in [1.165, 1.54) is 0 Å². The quantitative estimate of drug-likeness (QED) is 0.326. The lowest BCUT2D eigenvalue weighted by molar-refractivity contribution is -0.211. The molecule has 0 saturated heterocycles. The van der Waals surface area contributed by atoms with Crippen molar-refractivity contribution in [2.24, 2.45) is 5.41 Å².